The maximum Gasteiger partial charge on any atom is 0.125 e. The third kappa shape index (κ3) is 2.87. The molecule has 12 heavy (non-hydrogen) atoms. The third-order valence-corrected chi connectivity index (χ3v) is 2.27. The number of hydrogen-bond donors (Lipinski definition) is 1. The van der Waals surface area contributed by atoms with Crippen molar-refractivity contribution in [3.8, 4) is 11.8 Å². The third-order valence-electron chi connectivity index (χ3n) is 2.27. The minimum atomic E-state index is -0.650. The van der Waals surface area contributed by atoms with Gasteiger partial charge in [0.1, 0.15) is 5.60 Å². The molecule has 0 saturated heterocycles. The van der Waals surface area contributed by atoms with Crippen LogP contribution < -0.4 is 0 Å². The van der Waals surface area contributed by atoms with Gasteiger partial charge in [-0.05, 0) is 25.7 Å². The molecular formula is C11H18O. The van der Waals surface area contributed by atoms with Crippen molar-refractivity contribution in [2.45, 2.75) is 51.6 Å². The molecule has 1 N–H and O–H groups in total. The van der Waals surface area contributed by atoms with Gasteiger partial charge in [-0.1, -0.05) is 32.1 Å². The number of rotatable bonds is 0. The van der Waals surface area contributed by atoms with E-state index in [2.05, 4.69) is 25.7 Å². The van der Waals surface area contributed by atoms with Gasteiger partial charge in [0, 0.05) is 5.92 Å². The van der Waals surface area contributed by atoms with E-state index in [1.807, 2.05) is 0 Å². The lowest BCUT2D eigenvalue weighted by Crippen LogP contribution is -2.29. The van der Waals surface area contributed by atoms with Gasteiger partial charge in [-0.25, -0.2) is 0 Å². The highest BCUT2D eigenvalue weighted by atomic mass is 16.3. The van der Waals surface area contributed by atoms with Gasteiger partial charge in [-0.2, -0.15) is 0 Å². The van der Waals surface area contributed by atoms with Crippen LogP contribution in [0.1, 0.15) is 46.0 Å². The molecule has 0 aromatic rings. The van der Waals surface area contributed by atoms with Crippen LogP contribution in [0.3, 0.4) is 0 Å². The van der Waals surface area contributed by atoms with Gasteiger partial charge >= 0.3 is 0 Å². The Kier molecular flexibility index (Phi) is 3.17. The Balaban J connectivity index is 2.53. The lowest BCUT2D eigenvalue weighted by molar-refractivity contribution is 0.0608. The first-order valence-electron chi connectivity index (χ1n) is 4.87. The van der Waals surface area contributed by atoms with E-state index >= 15 is 0 Å². The molecule has 0 spiro atoms. The highest BCUT2D eigenvalue weighted by molar-refractivity contribution is 5.15. The zero-order valence-corrected chi connectivity index (χ0v) is 8.06. The normalized spacial score (nSPS) is 21.7. The number of hydrogen-bond acceptors (Lipinski definition) is 1. The van der Waals surface area contributed by atoms with Crippen molar-refractivity contribution in [3.63, 3.8) is 0 Å². The molecule has 0 atom stereocenters. The number of aliphatic hydroxyl groups is 1. The fourth-order valence-corrected chi connectivity index (χ4v) is 1.54. The highest BCUT2D eigenvalue weighted by Gasteiger charge is 2.26. The van der Waals surface area contributed by atoms with Crippen LogP contribution in [0.15, 0.2) is 0 Å². The van der Waals surface area contributed by atoms with Gasteiger partial charge in [0.15, 0.2) is 0 Å². The van der Waals surface area contributed by atoms with E-state index in [0.717, 1.165) is 25.7 Å². The van der Waals surface area contributed by atoms with E-state index in [1.54, 1.807) is 0 Å². The zero-order chi connectivity index (χ0) is 9.03. The topological polar surface area (TPSA) is 20.2 Å². The molecule has 0 aromatic heterocycles. The average molecular weight is 166 g/mol. The van der Waals surface area contributed by atoms with E-state index in [1.165, 1.54) is 6.42 Å². The minimum Gasteiger partial charge on any atom is -0.378 e. The van der Waals surface area contributed by atoms with Crippen molar-refractivity contribution >= 4 is 0 Å². The molecule has 0 radical (unpaired) electrons. The van der Waals surface area contributed by atoms with Crippen LogP contribution in [0.25, 0.3) is 0 Å². The molecule has 0 amide bonds. The van der Waals surface area contributed by atoms with E-state index in [0.29, 0.717) is 5.92 Å². The van der Waals surface area contributed by atoms with Crippen LogP contribution in [0.4, 0.5) is 0 Å². The van der Waals surface area contributed by atoms with Gasteiger partial charge in [-0.3, -0.25) is 0 Å². The first-order chi connectivity index (χ1) is 5.62. The summed E-state index contributed by atoms with van der Waals surface area (Å²) in [7, 11) is 0. The molecule has 0 heterocycles. The quantitative estimate of drug-likeness (QED) is 0.548. The summed E-state index contributed by atoms with van der Waals surface area (Å²) in [5, 5.41) is 9.95. The van der Waals surface area contributed by atoms with Gasteiger partial charge < -0.3 is 5.11 Å². The molecular weight excluding hydrogens is 148 g/mol. The minimum absolute atomic E-state index is 0.371. The summed E-state index contributed by atoms with van der Waals surface area (Å²) in [4.78, 5) is 0. The Labute approximate surface area is 75.2 Å². The maximum atomic E-state index is 9.95. The Hall–Kier alpha value is -0.480. The zero-order valence-electron chi connectivity index (χ0n) is 8.06. The van der Waals surface area contributed by atoms with E-state index in [9.17, 15) is 5.11 Å². The van der Waals surface area contributed by atoms with Crippen LogP contribution in [0.2, 0.25) is 0 Å². The second-order valence-corrected chi connectivity index (χ2v) is 4.02. The molecule has 1 heteroatoms. The molecule has 0 unspecified atom stereocenters. The van der Waals surface area contributed by atoms with Crippen molar-refractivity contribution in [1.82, 2.24) is 0 Å². The largest absolute Gasteiger partial charge is 0.378 e. The predicted molar refractivity (Wildman–Crippen MR) is 50.6 cm³/mol. The molecule has 1 saturated carbocycles. The van der Waals surface area contributed by atoms with Crippen molar-refractivity contribution in [1.29, 1.82) is 0 Å². The van der Waals surface area contributed by atoms with Crippen LogP contribution in [0, 0.1) is 17.8 Å². The second-order valence-electron chi connectivity index (χ2n) is 4.02. The molecule has 68 valence electrons. The predicted octanol–water partition coefficient (Wildman–Crippen LogP) is 2.34. The Morgan fingerprint density at radius 1 is 1.17 bits per heavy atom. The summed E-state index contributed by atoms with van der Waals surface area (Å²) >= 11 is 0. The van der Waals surface area contributed by atoms with Crippen LogP contribution >= 0.6 is 0 Å². The fourth-order valence-electron chi connectivity index (χ4n) is 1.54. The standard InChI is InChI=1S/C11H18O/c1-10(2)6-9-11(12)7-4-3-5-8-11/h10,12H,3-5,7-8H2,1-2H3. The van der Waals surface area contributed by atoms with E-state index in [4.69, 9.17) is 0 Å². The molecule has 0 aromatic carbocycles. The SMILES string of the molecule is CC(C)C#CC1(O)CCCCC1. The van der Waals surface area contributed by atoms with Crippen molar-refractivity contribution in [3.05, 3.63) is 0 Å². The monoisotopic (exact) mass is 166 g/mol. The van der Waals surface area contributed by atoms with Gasteiger partial charge in [0.25, 0.3) is 0 Å². The maximum absolute atomic E-state index is 9.95. The molecule has 0 bridgehead atoms. The van der Waals surface area contributed by atoms with Crippen molar-refractivity contribution in [2.75, 3.05) is 0 Å². The van der Waals surface area contributed by atoms with Gasteiger partial charge in [0.2, 0.25) is 0 Å². The van der Waals surface area contributed by atoms with Crippen LogP contribution in [-0.2, 0) is 0 Å². The van der Waals surface area contributed by atoms with Crippen LogP contribution in [0.5, 0.6) is 0 Å². The molecule has 0 aliphatic heterocycles. The van der Waals surface area contributed by atoms with Gasteiger partial charge in [-0.15, -0.1) is 0 Å². The first-order valence-corrected chi connectivity index (χ1v) is 4.87. The van der Waals surface area contributed by atoms with E-state index in [-0.39, 0.29) is 0 Å². The summed E-state index contributed by atoms with van der Waals surface area (Å²) in [6.07, 6.45) is 5.25. The Bertz CT molecular complexity index is 189. The van der Waals surface area contributed by atoms with Crippen LogP contribution in [-0.4, -0.2) is 10.7 Å². The molecule has 1 fully saturated rings. The summed E-state index contributed by atoms with van der Waals surface area (Å²) in [6.45, 7) is 4.11. The molecule has 1 aliphatic rings. The Morgan fingerprint density at radius 3 is 2.25 bits per heavy atom. The summed E-state index contributed by atoms with van der Waals surface area (Å²) < 4.78 is 0. The smallest absolute Gasteiger partial charge is 0.125 e. The lowest BCUT2D eigenvalue weighted by atomic mass is 9.85. The molecule has 1 nitrogen and oxygen atoms in total. The first kappa shape index (κ1) is 9.61. The average Bonchev–Trinajstić information content (AvgIpc) is 2.03. The van der Waals surface area contributed by atoms with Crippen molar-refractivity contribution < 1.29 is 5.11 Å². The van der Waals surface area contributed by atoms with Gasteiger partial charge in [0.05, 0.1) is 0 Å². The summed E-state index contributed by atoms with van der Waals surface area (Å²) in [5.41, 5.74) is -0.650. The Morgan fingerprint density at radius 2 is 1.75 bits per heavy atom. The lowest BCUT2D eigenvalue weighted by Gasteiger charge is -2.26. The fraction of sp³-hybridized carbons (Fsp3) is 0.818. The second kappa shape index (κ2) is 3.96. The van der Waals surface area contributed by atoms with Crippen molar-refractivity contribution in [2.24, 2.45) is 5.92 Å². The summed E-state index contributed by atoms with van der Waals surface area (Å²) in [6, 6.07) is 0. The van der Waals surface area contributed by atoms with E-state index < -0.39 is 5.60 Å². The molecule has 1 rings (SSSR count). The highest BCUT2D eigenvalue weighted by Crippen LogP contribution is 2.27. The summed E-state index contributed by atoms with van der Waals surface area (Å²) in [5.74, 6) is 6.43. The molecule has 1 aliphatic carbocycles.